The first-order valence-corrected chi connectivity index (χ1v) is 12.2. The topological polar surface area (TPSA) is 27.7 Å². The number of hydrogen-bond donors (Lipinski definition) is 0. The van der Waals surface area contributed by atoms with E-state index < -0.39 is 23.6 Å². The lowest BCUT2D eigenvalue weighted by Gasteiger charge is -2.40. The monoisotopic (exact) mass is 526 g/mol. The van der Waals surface area contributed by atoms with E-state index in [1.165, 1.54) is 19.2 Å². The van der Waals surface area contributed by atoms with Crippen LogP contribution in [0.25, 0.3) is 0 Å². The van der Waals surface area contributed by atoms with Crippen molar-refractivity contribution in [3.63, 3.8) is 0 Å². The highest BCUT2D eigenvalue weighted by Gasteiger charge is 2.65. The van der Waals surface area contributed by atoms with Crippen molar-refractivity contribution < 1.29 is 31.8 Å². The molecule has 0 aliphatic heterocycles. The molecule has 4 rings (SSSR count). The Kier molecular flexibility index (Phi) is 9.17. The Morgan fingerprint density at radius 2 is 1.00 bits per heavy atom. The van der Waals surface area contributed by atoms with Gasteiger partial charge in [-0.05, 0) is 53.4 Å². The van der Waals surface area contributed by atoms with Crippen LogP contribution in [0.2, 0.25) is 0 Å². The predicted octanol–water partition coefficient (Wildman–Crippen LogP) is 8.60. The van der Waals surface area contributed by atoms with E-state index in [1.807, 2.05) is 13.8 Å². The summed E-state index contributed by atoms with van der Waals surface area (Å²) in [5.41, 5.74) is -0.692. The normalized spacial score (nSPS) is 11.8. The minimum absolute atomic E-state index is 0.255. The highest BCUT2D eigenvalue weighted by molar-refractivity contribution is 5.50. The van der Waals surface area contributed by atoms with Gasteiger partial charge in [0.25, 0.3) is 0 Å². The van der Waals surface area contributed by atoms with Gasteiger partial charge in [-0.2, -0.15) is 17.6 Å². The molecule has 38 heavy (non-hydrogen) atoms. The van der Waals surface area contributed by atoms with E-state index in [0.717, 1.165) is 12.1 Å². The lowest BCUT2D eigenvalue weighted by Crippen LogP contribution is -2.52. The third kappa shape index (κ3) is 5.83. The molecule has 0 fully saturated rings. The lowest BCUT2D eigenvalue weighted by molar-refractivity contribution is -0.425. The van der Waals surface area contributed by atoms with Gasteiger partial charge >= 0.3 is 12.2 Å². The van der Waals surface area contributed by atoms with Gasteiger partial charge in [0.15, 0.2) is 5.60 Å². The molecular weight excluding hydrogens is 496 g/mol. The van der Waals surface area contributed by atoms with E-state index >= 15 is 17.6 Å². The molecule has 4 aromatic carbocycles. The van der Waals surface area contributed by atoms with Gasteiger partial charge in [0.05, 0.1) is 7.11 Å². The summed E-state index contributed by atoms with van der Waals surface area (Å²) in [5.74, 6) is -0.106. The molecular formula is C31H30F4O3. The molecule has 4 aromatic rings. The lowest BCUT2D eigenvalue weighted by atomic mass is 9.78. The number of hydrogen-bond acceptors (Lipinski definition) is 3. The molecule has 0 heterocycles. The number of rotatable bonds is 9. The number of halogens is 4. The molecule has 0 spiro atoms. The van der Waals surface area contributed by atoms with E-state index in [9.17, 15) is 0 Å². The summed E-state index contributed by atoms with van der Waals surface area (Å²) < 4.78 is 76.2. The van der Waals surface area contributed by atoms with Gasteiger partial charge < -0.3 is 9.47 Å². The fraction of sp³-hybridized carbons (Fsp3) is 0.226. The number of ether oxygens (including phenoxy) is 3. The van der Waals surface area contributed by atoms with Crippen molar-refractivity contribution in [2.75, 3.05) is 7.11 Å². The van der Waals surface area contributed by atoms with Crippen molar-refractivity contribution >= 4 is 0 Å². The maximum Gasteiger partial charge on any atom is 0.494 e. The molecule has 0 aliphatic carbocycles. The second-order valence-corrected chi connectivity index (χ2v) is 8.14. The molecule has 0 aliphatic rings. The molecule has 0 unspecified atom stereocenters. The molecule has 3 nitrogen and oxygen atoms in total. The molecule has 0 atom stereocenters. The minimum atomic E-state index is -5.05. The summed E-state index contributed by atoms with van der Waals surface area (Å²) >= 11 is 0. The first-order chi connectivity index (χ1) is 18.2. The first kappa shape index (κ1) is 28.7. The minimum Gasteiger partial charge on any atom is -0.497 e. The second-order valence-electron chi connectivity index (χ2n) is 8.14. The van der Waals surface area contributed by atoms with Crippen LogP contribution in [0, 0.1) is 6.92 Å². The summed E-state index contributed by atoms with van der Waals surface area (Å²) in [6.45, 7) is 5.71. The third-order valence-electron chi connectivity index (χ3n) is 5.81. The van der Waals surface area contributed by atoms with E-state index in [-0.39, 0.29) is 11.1 Å². The smallest absolute Gasteiger partial charge is 0.494 e. The Morgan fingerprint density at radius 3 is 1.47 bits per heavy atom. The van der Waals surface area contributed by atoms with E-state index in [1.54, 1.807) is 91.9 Å². The van der Waals surface area contributed by atoms with Gasteiger partial charge in [0, 0.05) is 0 Å². The standard InChI is InChI=1S/C29H24F4O3.C2H6/c1-21-11-9-10-16-26(21)27(22-12-5-3-6-13-22,23-14-7-4-8-15-23)36-29(32,33)28(30,31)35-25-19-17-24(34-2)18-20-25;1-2/h3-20H,1-2H3;1-2H3. The summed E-state index contributed by atoms with van der Waals surface area (Å²) in [4.78, 5) is 0. The highest BCUT2D eigenvalue weighted by atomic mass is 19.3. The molecule has 7 heteroatoms. The Balaban J connectivity index is 0.00000195. The summed E-state index contributed by atoms with van der Waals surface area (Å²) in [5, 5.41) is 0. The first-order valence-electron chi connectivity index (χ1n) is 12.2. The van der Waals surface area contributed by atoms with Crippen molar-refractivity contribution in [1.29, 1.82) is 0 Å². The molecule has 0 saturated carbocycles. The Morgan fingerprint density at radius 1 is 0.553 bits per heavy atom. The average molecular weight is 527 g/mol. The van der Waals surface area contributed by atoms with Crippen molar-refractivity contribution in [1.82, 2.24) is 0 Å². The zero-order valence-electron chi connectivity index (χ0n) is 21.6. The van der Waals surface area contributed by atoms with Crippen molar-refractivity contribution in [3.05, 3.63) is 131 Å². The predicted molar refractivity (Wildman–Crippen MR) is 140 cm³/mol. The van der Waals surface area contributed by atoms with Gasteiger partial charge in [-0.1, -0.05) is 98.8 Å². The average Bonchev–Trinajstić information content (AvgIpc) is 2.94. The van der Waals surface area contributed by atoms with Crippen molar-refractivity contribution in [3.8, 4) is 11.5 Å². The fourth-order valence-electron chi connectivity index (χ4n) is 4.07. The molecule has 0 bridgehead atoms. The maximum atomic E-state index is 15.6. The van der Waals surface area contributed by atoms with E-state index in [4.69, 9.17) is 9.47 Å². The van der Waals surface area contributed by atoms with Gasteiger partial charge in [-0.25, -0.2) is 0 Å². The molecule has 200 valence electrons. The molecule has 0 radical (unpaired) electrons. The highest BCUT2D eigenvalue weighted by Crippen LogP contribution is 2.49. The Labute approximate surface area is 220 Å². The van der Waals surface area contributed by atoms with Crippen LogP contribution < -0.4 is 9.47 Å². The van der Waals surface area contributed by atoms with Crippen LogP contribution in [0.5, 0.6) is 11.5 Å². The van der Waals surface area contributed by atoms with Crippen LogP contribution in [-0.4, -0.2) is 19.3 Å². The second kappa shape index (κ2) is 12.1. The van der Waals surface area contributed by atoms with E-state index in [0.29, 0.717) is 16.9 Å². The van der Waals surface area contributed by atoms with Gasteiger partial charge in [0.1, 0.15) is 11.5 Å². The van der Waals surface area contributed by atoms with E-state index in [2.05, 4.69) is 4.74 Å². The number of aryl methyl sites for hydroxylation is 1. The van der Waals surface area contributed by atoms with Crippen molar-refractivity contribution in [2.24, 2.45) is 0 Å². The SMILES string of the molecule is CC.COc1ccc(OC(F)(F)C(F)(F)OC(c2ccccc2)(c2ccccc2)c2ccccc2C)cc1. The zero-order chi connectivity index (χ0) is 27.8. The molecule has 0 N–H and O–H groups in total. The molecule has 0 aromatic heterocycles. The maximum absolute atomic E-state index is 15.6. The van der Waals surface area contributed by atoms with Gasteiger partial charge in [-0.15, -0.1) is 0 Å². The van der Waals surface area contributed by atoms with Crippen LogP contribution in [0.4, 0.5) is 17.6 Å². The number of methoxy groups -OCH3 is 1. The number of benzene rings is 4. The van der Waals surface area contributed by atoms with Gasteiger partial charge in [-0.3, -0.25) is 4.74 Å². The fourth-order valence-corrected chi connectivity index (χ4v) is 4.07. The number of alkyl halides is 4. The third-order valence-corrected chi connectivity index (χ3v) is 5.81. The quantitative estimate of drug-likeness (QED) is 0.161. The van der Waals surface area contributed by atoms with Gasteiger partial charge in [0.2, 0.25) is 0 Å². The summed E-state index contributed by atoms with van der Waals surface area (Å²) in [6.07, 6.45) is -10.1. The Bertz CT molecular complexity index is 1240. The summed E-state index contributed by atoms with van der Waals surface area (Å²) in [7, 11) is 1.39. The molecule has 0 amide bonds. The van der Waals surface area contributed by atoms with Crippen LogP contribution in [-0.2, 0) is 10.3 Å². The largest absolute Gasteiger partial charge is 0.497 e. The van der Waals surface area contributed by atoms with Crippen LogP contribution in [0.3, 0.4) is 0 Å². The zero-order valence-corrected chi connectivity index (χ0v) is 21.6. The van der Waals surface area contributed by atoms with Crippen LogP contribution in [0.1, 0.15) is 36.1 Å². The summed E-state index contributed by atoms with van der Waals surface area (Å²) in [6, 6.07) is 27.8. The van der Waals surface area contributed by atoms with Crippen molar-refractivity contribution in [2.45, 2.75) is 38.6 Å². The van der Waals surface area contributed by atoms with Crippen LogP contribution >= 0.6 is 0 Å². The molecule has 0 saturated heterocycles. The van der Waals surface area contributed by atoms with Crippen LogP contribution in [0.15, 0.2) is 109 Å². The Hall–Kier alpha value is -3.84.